The summed E-state index contributed by atoms with van der Waals surface area (Å²) in [5.74, 6) is 3.66. The van der Waals surface area contributed by atoms with Gasteiger partial charge in [0.15, 0.2) is 7.37 Å². The summed E-state index contributed by atoms with van der Waals surface area (Å²) in [5.41, 5.74) is 3.52. The summed E-state index contributed by atoms with van der Waals surface area (Å²) < 4.78 is 137. The van der Waals surface area contributed by atoms with E-state index >= 15 is 0 Å². The molecule has 0 saturated heterocycles. The molecule has 0 radical (unpaired) electrons. The van der Waals surface area contributed by atoms with E-state index < -0.39 is 18.4 Å². The van der Waals surface area contributed by atoms with Gasteiger partial charge in [0.1, 0.15) is 60.9 Å². The van der Waals surface area contributed by atoms with E-state index in [1.54, 1.807) is 0 Å². The minimum absolute atomic E-state index is 0.0472. The topological polar surface area (TPSA) is 313 Å². The number of unbranched alkanes of at least 4 members (excludes halogenated alkanes) is 9. The van der Waals surface area contributed by atoms with Crippen molar-refractivity contribution in [3.8, 4) is 34.5 Å². The maximum Gasteiger partial charge on any atom is 0.407 e. The van der Waals surface area contributed by atoms with E-state index in [1.807, 2.05) is 55.5 Å². The van der Waals surface area contributed by atoms with Crippen LogP contribution in [0.4, 0.5) is 10.5 Å². The zero-order valence-corrected chi connectivity index (χ0v) is 67.8. The first kappa shape index (κ1) is 97.3. The van der Waals surface area contributed by atoms with Crippen LogP contribution in [0.2, 0.25) is 0 Å². The summed E-state index contributed by atoms with van der Waals surface area (Å²) in [5, 5.41) is 14.8. The lowest BCUT2D eigenvalue weighted by molar-refractivity contribution is -0.385. The molecule has 0 aliphatic heterocycles. The lowest BCUT2D eigenvalue weighted by Crippen LogP contribution is -2.28. The highest BCUT2D eigenvalue weighted by Gasteiger charge is 2.18. The number of nitro groups is 1. The maximum atomic E-state index is 12.7. The first-order chi connectivity index (χ1) is 54.3. The molecule has 4 aromatic carbocycles. The van der Waals surface area contributed by atoms with Gasteiger partial charge in [-0.25, -0.2) is 4.79 Å². The summed E-state index contributed by atoms with van der Waals surface area (Å²) in [7, 11) is -3.03. The average molecular weight is 1600 g/mol. The van der Waals surface area contributed by atoms with Crippen molar-refractivity contribution < 1.29 is 123 Å². The van der Waals surface area contributed by atoms with E-state index in [0.717, 1.165) is 105 Å². The van der Waals surface area contributed by atoms with Gasteiger partial charge in [0, 0.05) is 37.6 Å². The predicted octanol–water partition coefficient (Wildman–Crippen LogP) is 12.9. The number of carbonyl (C=O) groups excluding carboxylic acids is 1. The molecule has 1 amide bonds. The quantitative estimate of drug-likeness (QED) is 0.0179. The summed E-state index contributed by atoms with van der Waals surface area (Å²) in [6, 6.07) is 21.9. The van der Waals surface area contributed by atoms with Crippen molar-refractivity contribution >= 4 is 19.1 Å². The van der Waals surface area contributed by atoms with Gasteiger partial charge >= 0.3 is 6.09 Å². The Morgan fingerprint density at radius 2 is 0.658 bits per heavy atom. The number of nitrogens with zero attached hydrogens (tertiary/aromatic N) is 1. The van der Waals surface area contributed by atoms with E-state index in [1.165, 1.54) is 31.3 Å². The number of hydrogen-bond donors (Lipinski definition) is 2. The highest BCUT2D eigenvalue weighted by molar-refractivity contribution is 7.57. The highest BCUT2D eigenvalue weighted by Crippen LogP contribution is 2.34. The van der Waals surface area contributed by atoms with Crippen molar-refractivity contribution in [2.24, 2.45) is 0 Å². The number of rotatable bonds is 78. The first-order valence-electron chi connectivity index (χ1n) is 39.6. The molecule has 0 heterocycles. The zero-order valence-electron chi connectivity index (χ0n) is 66.9. The molecule has 111 heavy (non-hydrogen) atoms. The predicted molar refractivity (Wildman–Crippen MR) is 420 cm³/mol. The van der Waals surface area contributed by atoms with Gasteiger partial charge < -0.3 is 114 Å². The summed E-state index contributed by atoms with van der Waals surface area (Å²) >= 11 is 0. The lowest BCUT2D eigenvalue weighted by Gasteiger charge is -2.16. The number of carbonyl (C=O) groups is 1. The molecule has 1 unspecified atom stereocenters. The van der Waals surface area contributed by atoms with Gasteiger partial charge in [0.2, 0.25) is 0 Å². The van der Waals surface area contributed by atoms with Gasteiger partial charge in [-0.2, -0.15) is 0 Å². The Kier molecular flexibility index (Phi) is 59.0. The zero-order chi connectivity index (χ0) is 79.4. The Hall–Kier alpha value is -6.06. The molecule has 4 rings (SSSR count). The van der Waals surface area contributed by atoms with Crippen LogP contribution in [0.5, 0.6) is 34.5 Å². The van der Waals surface area contributed by atoms with Crippen LogP contribution in [0.25, 0.3) is 0 Å². The van der Waals surface area contributed by atoms with E-state index in [0.29, 0.717) is 221 Å². The Labute approximate surface area is 658 Å². The van der Waals surface area contributed by atoms with Gasteiger partial charge in [0.25, 0.3) is 5.69 Å². The van der Waals surface area contributed by atoms with Crippen molar-refractivity contribution in [3.05, 3.63) is 111 Å². The minimum Gasteiger partial charge on any atom is -0.494 e. The second-order valence-electron chi connectivity index (χ2n) is 25.9. The Morgan fingerprint density at radius 1 is 0.360 bits per heavy atom. The van der Waals surface area contributed by atoms with Crippen LogP contribution in [0, 0.1) is 17.0 Å². The fourth-order valence-corrected chi connectivity index (χ4v) is 10.7. The fraction of sp³-hybridized carbons (Fsp3) is 0.691. The lowest BCUT2D eigenvalue weighted by atomic mass is 10.1. The number of nitrogens with one attached hydrogen (secondary N) is 1. The average Bonchev–Trinajstić information content (AvgIpc) is 0.843. The third-order valence-corrected chi connectivity index (χ3v) is 17.0. The Bertz CT molecular complexity index is 2950. The molecular weight excluding hydrogens is 1460 g/mol. The molecular formula is C81H131N2O27P. The molecule has 632 valence electrons. The number of hydrogen-bond acceptors (Lipinski definition) is 26. The highest BCUT2D eigenvalue weighted by atomic mass is 31.2. The first-order valence-corrected chi connectivity index (χ1v) is 41.9. The second-order valence-corrected chi connectivity index (χ2v) is 28.4. The molecule has 4 aromatic rings. The van der Waals surface area contributed by atoms with Gasteiger partial charge in [-0.05, 0) is 97.0 Å². The standard InChI is InChI=1S/C81H131N2O27P/c1-6-9-12-15-21-104-75-56-69(4)55-70(57-75)65-108-78-60-72(61-79(64-78)109-67-71-58-76(105-22-16-13-10-7-2)63-77(59-71)106-23-17-14-11-8-3)66-107-74-18-19-80(83(85)86)73(62-74)68-110-81(84)82-20-24-89-25-26-90-27-28-91-29-30-92-31-32-93-33-34-94-35-36-95-37-38-96-39-40-97-41-42-98-43-44-99-45-46-100-47-48-101-49-50-102-51-52-103-53-54-111(5,87)88/h18-19,55-64H,6-17,20-54,65-68H2,1-5H3,(H,82,84)(H,87,88). The van der Waals surface area contributed by atoms with E-state index in [2.05, 4.69) is 32.2 Å². The van der Waals surface area contributed by atoms with E-state index in [4.69, 9.17) is 104 Å². The van der Waals surface area contributed by atoms with Crippen LogP contribution < -0.4 is 33.7 Å². The van der Waals surface area contributed by atoms with Crippen molar-refractivity contribution in [2.45, 2.75) is 131 Å². The molecule has 0 spiro atoms. The molecule has 0 bridgehead atoms. The third-order valence-electron chi connectivity index (χ3n) is 16.0. The molecule has 30 heteroatoms. The van der Waals surface area contributed by atoms with E-state index in [9.17, 15) is 24.4 Å². The SMILES string of the molecule is CCCCCCOc1cc(C)cc(COc2cc(COc3ccc([N+](=O)[O-])c(COC(=O)NCCOCCOCCOCCOCCOCCOCCOCCOCCOCCOCCOCCOCCOCCOCCOCCP(C)(=O)O)c3)cc(OCc3cc(OCCCCCC)cc(OCCCCCC)c3)c2)c1. The second kappa shape index (κ2) is 67.3. The molecule has 0 aliphatic carbocycles. The molecule has 0 aromatic heterocycles. The molecule has 0 aliphatic rings. The summed E-state index contributed by atoms with van der Waals surface area (Å²) in [6.07, 6.45) is 12.6. The number of alkyl carbamates (subject to hydrolysis) is 1. The minimum atomic E-state index is -3.03. The van der Waals surface area contributed by atoms with Gasteiger partial charge in [0.05, 0.1) is 229 Å². The molecule has 2 N–H and O–H groups in total. The number of ether oxygens (including phenoxy) is 22. The van der Waals surface area contributed by atoms with Crippen LogP contribution in [-0.4, -0.2) is 253 Å². The molecule has 1 atom stereocenters. The fourth-order valence-electron chi connectivity index (χ4n) is 10.2. The van der Waals surface area contributed by atoms with Gasteiger partial charge in [-0.15, -0.1) is 0 Å². The van der Waals surface area contributed by atoms with E-state index in [-0.39, 0.29) is 70.2 Å². The summed E-state index contributed by atoms with van der Waals surface area (Å²) in [4.78, 5) is 33.6. The van der Waals surface area contributed by atoms with Gasteiger partial charge in [-0.3, -0.25) is 14.7 Å². The molecule has 0 saturated carbocycles. The Balaban J connectivity index is 0.996. The summed E-state index contributed by atoms with van der Waals surface area (Å²) in [6.45, 7) is 24.5. The van der Waals surface area contributed by atoms with Crippen LogP contribution >= 0.6 is 7.37 Å². The van der Waals surface area contributed by atoms with Crippen molar-refractivity contribution in [1.82, 2.24) is 5.32 Å². The smallest absolute Gasteiger partial charge is 0.407 e. The third kappa shape index (κ3) is 55.2. The van der Waals surface area contributed by atoms with Crippen molar-refractivity contribution in [1.29, 1.82) is 0 Å². The maximum absolute atomic E-state index is 12.7. The molecule has 29 nitrogen and oxygen atoms in total. The largest absolute Gasteiger partial charge is 0.494 e. The van der Waals surface area contributed by atoms with Crippen LogP contribution in [0.15, 0.2) is 72.8 Å². The van der Waals surface area contributed by atoms with Gasteiger partial charge in [-0.1, -0.05) is 84.6 Å². The number of aryl methyl sites for hydroxylation is 1. The number of amides is 1. The van der Waals surface area contributed by atoms with Crippen LogP contribution in [-0.2, 0) is 107 Å². The number of nitro benzene ring substituents is 1. The Morgan fingerprint density at radius 3 is 0.982 bits per heavy atom. The van der Waals surface area contributed by atoms with Crippen molar-refractivity contribution in [3.63, 3.8) is 0 Å². The van der Waals surface area contributed by atoms with Crippen LogP contribution in [0.1, 0.15) is 126 Å². The van der Waals surface area contributed by atoms with Crippen molar-refractivity contribution in [2.75, 3.05) is 237 Å². The normalized spacial score (nSPS) is 11.9. The monoisotopic (exact) mass is 1590 g/mol. The number of benzene rings is 4. The van der Waals surface area contributed by atoms with Crippen LogP contribution in [0.3, 0.4) is 0 Å². The molecule has 0 fully saturated rings.